The highest BCUT2D eigenvalue weighted by Crippen LogP contribution is 2.47. The molecule has 0 aliphatic heterocycles. The standard InChI is InChI=1S/C8H11NO2/c1-8(9(10)11)5-6-2-3-7(8)4-6/h2-3,6-7H,4-5H2,1H3/t6?,7?,8-/m1/s1. The molecule has 0 amide bonds. The van der Waals surface area contributed by atoms with Crippen molar-refractivity contribution < 1.29 is 4.92 Å². The van der Waals surface area contributed by atoms with Crippen molar-refractivity contribution in [3.05, 3.63) is 22.3 Å². The second-order valence-electron chi connectivity index (χ2n) is 3.81. The molecule has 1 fully saturated rings. The average molecular weight is 153 g/mol. The molecular formula is C8H11NO2. The monoisotopic (exact) mass is 153 g/mol. The molecule has 2 aliphatic rings. The predicted octanol–water partition coefficient (Wildman–Crippen LogP) is 1.62. The van der Waals surface area contributed by atoms with Gasteiger partial charge in [-0.3, -0.25) is 10.1 Å². The van der Waals surface area contributed by atoms with Crippen LogP contribution >= 0.6 is 0 Å². The van der Waals surface area contributed by atoms with Crippen LogP contribution < -0.4 is 0 Å². The van der Waals surface area contributed by atoms with Crippen LogP contribution in [0.25, 0.3) is 0 Å². The number of nitro groups is 1. The molecule has 3 nitrogen and oxygen atoms in total. The summed E-state index contributed by atoms with van der Waals surface area (Å²) in [5.41, 5.74) is -0.653. The molecule has 0 N–H and O–H groups in total. The van der Waals surface area contributed by atoms with Crippen molar-refractivity contribution in [2.24, 2.45) is 11.8 Å². The highest BCUT2D eigenvalue weighted by atomic mass is 16.6. The lowest BCUT2D eigenvalue weighted by Gasteiger charge is -2.21. The summed E-state index contributed by atoms with van der Waals surface area (Å²) >= 11 is 0. The molecule has 0 saturated heterocycles. The first kappa shape index (κ1) is 6.83. The van der Waals surface area contributed by atoms with E-state index in [1.807, 2.05) is 6.08 Å². The van der Waals surface area contributed by atoms with Gasteiger partial charge in [-0.1, -0.05) is 12.2 Å². The Morgan fingerprint density at radius 1 is 1.64 bits per heavy atom. The molecule has 2 unspecified atom stereocenters. The molecular weight excluding hydrogens is 142 g/mol. The molecule has 2 bridgehead atoms. The van der Waals surface area contributed by atoms with Gasteiger partial charge in [-0.15, -0.1) is 0 Å². The Labute approximate surface area is 65.2 Å². The molecule has 0 aromatic heterocycles. The first-order valence-electron chi connectivity index (χ1n) is 3.96. The van der Waals surface area contributed by atoms with Crippen LogP contribution in [0, 0.1) is 22.0 Å². The van der Waals surface area contributed by atoms with E-state index in [9.17, 15) is 10.1 Å². The van der Waals surface area contributed by atoms with Gasteiger partial charge in [0.1, 0.15) is 0 Å². The minimum Gasteiger partial charge on any atom is -0.264 e. The van der Waals surface area contributed by atoms with Crippen molar-refractivity contribution in [1.82, 2.24) is 0 Å². The summed E-state index contributed by atoms with van der Waals surface area (Å²) in [5.74, 6) is 0.679. The summed E-state index contributed by atoms with van der Waals surface area (Å²) in [4.78, 5) is 10.6. The van der Waals surface area contributed by atoms with Gasteiger partial charge in [-0.2, -0.15) is 0 Å². The molecule has 0 spiro atoms. The van der Waals surface area contributed by atoms with Crippen molar-refractivity contribution in [2.75, 3.05) is 0 Å². The minimum atomic E-state index is -0.653. The van der Waals surface area contributed by atoms with E-state index < -0.39 is 5.54 Å². The number of allylic oxidation sites excluding steroid dienone is 1. The lowest BCUT2D eigenvalue weighted by atomic mass is 9.87. The minimum absolute atomic E-state index is 0.110. The van der Waals surface area contributed by atoms with Gasteiger partial charge in [0.05, 0.1) is 0 Å². The fraction of sp³-hybridized carbons (Fsp3) is 0.750. The third kappa shape index (κ3) is 0.737. The molecule has 0 radical (unpaired) electrons. The highest BCUT2D eigenvalue weighted by molar-refractivity contribution is 5.15. The summed E-state index contributed by atoms with van der Waals surface area (Å²) < 4.78 is 0. The van der Waals surface area contributed by atoms with Crippen LogP contribution in [0.4, 0.5) is 0 Å². The van der Waals surface area contributed by atoms with Crippen LogP contribution in [-0.2, 0) is 0 Å². The van der Waals surface area contributed by atoms with Gasteiger partial charge in [0.2, 0.25) is 5.54 Å². The normalized spacial score (nSPS) is 46.6. The maximum absolute atomic E-state index is 10.7. The summed E-state index contributed by atoms with van der Waals surface area (Å²) in [7, 11) is 0. The van der Waals surface area contributed by atoms with Crippen molar-refractivity contribution >= 4 is 0 Å². The molecule has 3 heteroatoms. The van der Waals surface area contributed by atoms with Crippen LogP contribution in [0.5, 0.6) is 0 Å². The maximum Gasteiger partial charge on any atom is 0.226 e. The largest absolute Gasteiger partial charge is 0.264 e. The zero-order chi connectivity index (χ0) is 8.06. The van der Waals surface area contributed by atoms with E-state index in [-0.39, 0.29) is 10.8 Å². The van der Waals surface area contributed by atoms with Gasteiger partial charge < -0.3 is 0 Å². The van der Waals surface area contributed by atoms with E-state index in [4.69, 9.17) is 0 Å². The average Bonchev–Trinajstić information content (AvgIpc) is 2.45. The van der Waals surface area contributed by atoms with Crippen molar-refractivity contribution in [3.63, 3.8) is 0 Å². The van der Waals surface area contributed by atoms with Gasteiger partial charge in [0.25, 0.3) is 0 Å². The van der Waals surface area contributed by atoms with Crippen LogP contribution in [0.15, 0.2) is 12.2 Å². The Morgan fingerprint density at radius 2 is 2.36 bits per heavy atom. The molecule has 0 heterocycles. The first-order chi connectivity index (χ1) is 5.13. The zero-order valence-electron chi connectivity index (χ0n) is 6.49. The Hall–Kier alpha value is -0.860. The lowest BCUT2D eigenvalue weighted by Crippen LogP contribution is -2.38. The fourth-order valence-corrected chi connectivity index (χ4v) is 2.28. The van der Waals surface area contributed by atoms with Crippen LogP contribution in [0.2, 0.25) is 0 Å². The van der Waals surface area contributed by atoms with Crippen molar-refractivity contribution in [2.45, 2.75) is 25.3 Å². The van der Waals surface area contributed by atoms with Gasteiger partial charge >= 0.3 is 0 Å². The Bertz CT molecular complexity index is 236. The Kier molecular flexibility index (Phi) is 1.14. The van der Waals surface area contributed by atoms with Crippen molar-refractivity contribution in [1.29, 1.82) is 0 Å². The fourth-order valence-electron chi connectivity index (χ4n) is 2.28. The molecule has 2 aliphatic carbocycles. The molecule has 0 aromatic rings. The second kappa shape index (κ2) is 1.84. The van der Waals surface area contributed by atoms with E-state index >= 15 is 0 Å². The molecule has 11 heavy (non-hydrogen) atoms. The number of hydrogen-bond donors (Lipinski definition) is 0. The number of fused-ring (bicyclic) bond motifs is 2. The molecule has 2 rings (SSSR count). The van der Waals surface area contributed by atoms with Crippen LogP contribution in [0.1, 0.15) is 19.8 Å². The summed E-state index contributed by atoms with van der Waals surface area (Å²) in [6.07, 6.45) is 5.87. The topological polar surface area (TPSA) is 43.1 Å². The number of nitrogens with zero attached hydrogens (tertiary/aromatic N) is 1. The van der Waals surface area contributed by atoms with Gasteiger partial charge in [0, 0.05) is 24.2 Å². The Morgan fingerprint density at radius 3 is 2.64 bits per heavy atom. The van der Waals surface area contributed by atoms with Crippen LogP contribution in [-0.4, -0.2) is 10.5 Å². The van der Waals surface area contributed by atoms with E-state index in [0.717, 1.165) is 12.8 Å². The third-order valence-corrected chi connectivity index (χ3v) is 3.06. The maximum atomic E-state index is 10.7. The zero-order valence-corrected chi connectivity index (χ0v) is 6.49. The number of hydrogen-bond acceptors (Lipinski definition) is 2. The second-order valence-corrected chi connectivity index (χ2v) is 3.81. The SMILES string of the molecule is C[C@@]1([N+](=O)[O-])CC2C=CC1C2. The van der Waals surface area contributed by atoms with E-state index in [1.165, 1.54) is 0 Å². The van der Waals surface area contributed by atoms with Gasteiger partial charge in [0.15, 0.2) is 0 Å². The first-order valence-corrected chi connectivity index (χ1v) is 3.96. The van der Waals surface area contributed by atoms with Crippen molar-refractivity contribution in [3.8, 4) is 0 Å². The number of rotatable bonds is 1. The molecule has 0 aromatic carbocycles. The van der Waals surface area contributed by atoms with E-state index in [0.29, 0.717) is 5.92 Å². The summed E-state index contributed by atoms with van der Waals surface area (Å²) in [6, 6.07) is 0. The quantitative estimate of drug-likeness (QED) is 0.326. The van der Waals surface area contributed by atoms with E-state index in [1.54, 1.807) is 6.92 Å². The highest BCUT2D eigenvalue weighted by Gasteiger charge is 2.54. The smallest absolute Gasteiger partial charge is 0.226 e. The van der Waals surface area contributed by atoms with Gasteiger partial charge in [-0.05, 0) is 12.3 Å². The predicted molar refractivity (Wildman–Crippen MR) is 40.8 cm³/mol. The molecule has 3 atom stereocenters. The summed E-state index contributed by atoms with van der Waals surface area (Å²) in [6.45, 7) is 1.77. The summed E-state index contributed by atoms with van der Waals surface area (Å²) in [5, 5.41) is 10.7. The van der Waals surface area contributed by atoms with Gasteiger partial charge in [-0.25, -0.2) is 0 Å². The lowest BCUT2D eigenvalue weighted by molar-refractivity contribution is -0.570. The molecule has 60 valence electrons. The van der Waals surface area contributed by atoms with E-state index in [2.05, 4.69) is 6.08 Å². The Balaban J connectivity index is 2.30. The molecule has 1 saturated carbocycles. The van der Waals surface area contributed by atoms with Crippen LogP contribution in [0.3, 0.4) is 0 Å². The third-order valence-electron chi connectivity index (χ3n) is 3.06.